The van der Waals surface area contributed by atoms with Gasteiger partial charge in [0.1, 0.15) is 17.7 Å². The molecule has 2 aromatic carbocycles. The van der Waals surface area contributed by atoms with Crippen LogP contribution >= 0.6 is 0 Å². The van der Waals surface area contributed by atoms with Gasteiger partial charge in [0.25, 0.3) is 0 Å². The number of carbonyl (C=O) groups is 3. The first-order valence-electron chi connectivity index (χ1n) is 18.2. The summed E-state index contributed by atoms with van der Waals surface area (Å²) in [7, 11) is 2.76. The molecule has 2 saturated carbocycles. The number of nitrogens with one attached hydrogen (secondary N) is 4. The van der Waals surface area contributed by atoms with Gasteiger partial charge >= 0.3 is 6.09 Å². The van der Waals surface area contributed by atoms with Gasteiger partial charge in [-0.05, 0) is 73.1 Å². The summed E-state index contributed by atoms with van der Waals surface area (Å²) in [6.45, 7) is 2.51. The number of hydrogen-bond acceptors (Lipinski definition) is 8. The van der Waals surface area contributed by atoms with Crippen molar-refractivity contribution < 1.29 is 29.0 Å². The summed E-state index contributed by atoms with van der Waals surface area (Å²) in [5, 5.41) is 14.7. The van der Waals surface area contributed by atoms with Gasteiger partial charge in [0.2, 0.25) is 11.8 Å². The second-order valence-corrected chi connectivity index (χ2v) is 14.2. The summed E-state index contributed by atoms with van der Waals surface area (Å²) in [6.07, 6.45) is 7.26. The fourth-order valence-electron chi connectivity index (χ4n) is 8.54. The lowest BCUT2D eigenvalue weighted by molar-refractivity contribution is -0.137. The van der Waals surface area contributed by atoms with Crippen LogP contribution in [0.5, 0.6) is 0 Å². The molecule has 2 aromatic heterocycles. The summed E-state index contributed by atoms with van der Waals surface area (Å²) in [5.74, 6) is 2.15. The molecular weight excluding hydrogens is 662 g/mol. The van der Waals surface area contributed by atoms with E-state index in [1.807, 2.05) is 6.20 Å². The maximum Gasteiger partial charge on any atom is 0.407 e. The molecule has 5 N–H and O–H groups in total. The molecule has 52 heavy (non-hydrogen) atoms. The van der Waals surface area contributed by atoms with E-state index in [2.05, 4.69) is 74.1 Å². The third-order valence-corrected chi connectivity index (χ3v) is 11.3. The van der Waals surface area contributed by atoms with Crippen molar-refractivity contribution in [2.75, 3.05) is 33.9 Å². The van der Waals surface area contributed by atoms with Crippen molar-refractivity contribution in [1.82, 2.24) is 35.5 Å². The summed E-state index contributed by atoms with van der Waals surface area (Å²) in [5.41, 5.74) is 5.93. The van der Waals surface area contributed by atoms with Gasteiger partial charge in [0, 0.05) is 26.1 Å². The Hall–Kier alpha value is -5.01. The topological polar surface area (TPSA) is 175 Å². The SMILES string of the molecule is COC(=O)N[C@H](C(=O)N1CCC[C@H]1c1ncc(-c2ccc(-c3ccc(-c4cnc([C@@H]5C6CCC(C6)[C@H]5C(=O)NCCO)[nH]4)cc3)cc2)[nH]1)[C@@H](C)OC. The van der Waals surface area contributed by atoms with Gasteiger partial charge in [0.05, 0.1) is 55.6 Å². The molecule has 274 valence electrons. The second kappa shape index (κ2) is 15.3. The predicted octanol–water partition coefficient (Wildman–Crippen LogP) is 4.80. The maximum atomic E-state index is 13.6. The van der Waals surface area contributed by atoms with Crippen LogP contribution < -0.4 is 10.6 Å². The molecule has 2 aliphatic carbocycles. The zero-order chi connectivity index (χ0) is 36.4. The Morgan fingerprint density at radius 1 is 0.885 bits per heavy atom. The summed E-state index contributed by atoms with van der Waals surface area (Å²) >= 11 is 0. The first kappa shape index (κ1) is 35.4. The number of hydrogen-bond donors (Lipinski definition) is 5. The Kier molecular flexibility index (Phi) is 10.4. The number of likely N-dealkylation sites (tertiary alicyclic amines) is 1. The molecule has 7 rings (SSSR count). The molecule has 2 bridgehead atoms. The lowest BCUT2D eigenvalue weighted by atomic mass is 9.78. The lowest BCUT2D eigenvalue weighted by Gasteiger charge is -2.30. The molecule has 4 aromatic rings. The molecule has 1 aliphatic heterocycles. The first-order chi connectivity index (χ1) is 25.3. The lowest BCUT2D eigenvalue weighted by Crippen LogP contribution is -2.54. The average molecular weight is 710 g/mol. The minimum absolute atomic E-state index is 0.0254. The van der Waals surface area contributed by atoms with Gasteiger partial charge in [-0.1, -0.05) is 48.5 Å². The average Bonchev–Trinajstić information content (AvgIpc) is 4.03. The largest absolute Gasteiger partial charge is 0.453 e. The number of carbonyl (C=O) groups excluding carboxylic acids is 3. The molecule has 0 spiro atoms. The highest BCUT2D eigenvalue weighted by Gasteiger charge is 2.52. The van der Waals surface area contributed by atoms with Crippen LogP contribution in [0, 0.1) is 17.8 Å². The fraction of sp³-hybridized carbons (Fsp3) is 0.462. The van der Waals surface area contributed by atoms with Crippen LogP contribution in [0.25, 0.3) is 33.6 Å². The van der Waals surface area contributed by atoms with Crippen molar-refractivity contribution in [2.45, 2.75) is 63.1 Å². The van der Waals surface area contributed by atoms with E-state index >= 15 is 0 Å². The van der Waals surface area contributed by atoms with Crippen LogP contribution in [0.2, 0.25) is 0 Å². The molecule has 3 aliphatic rings. The number of alkyl carbamates (subject to hydrolysis) is 1. The van der Waals surface area contributed by atoms with E-state index < -0.39 is 18.2 Å². The Bertz CT molecular complexity index is 1870. The molecule has 1 saturated heterocycles. The van der Waals surface area contributed by atoms with E-state index in [4.69, 9.17) is 14.5 Å². The van der Waals surface area contributed by atoms with Crippen LogP contribution in [0.15, 0.2) is 60.9 Å². The number of aliphatic hydroxyl groups excluding tert-OH is 1. The number of H-pyrrole nitrogens is 2. The number of ether oxygens (including phenoxy) is 2. The smallest absolute Gasteiger partial charge is 0.407 e. The van der Waals surface area contributed by atoms with E-state index in [-0.39, 0.29) is 42.8 Å². The van der Waals surface area contributed by atoms with Crippen LogP contribution in [-0.4, -0.2) is 93.9 Å². The number of rotatable bonds is 12. The summed E-state index contributed by atoms with van der Waals surface area (Å²) in [6, 6.07) is 15.5. The number of aliphatic hydroxyl groups is 1. The number of aromatic nitrogens is 4. The van der Waals surface area contributed by atoms with Gasteiger partial charge in [-0.3, -0.25) is 9.59 Å². The van der Waals surface area contributed by atoms with Gasteiger partial charge in [-0.25, -0.2) is 14.8 Å². The van der Waals surface area contributed by atoms with E-state index in [9.17, 15) is 19.5 Å². The third kappa shape index (κ3) is 6.94. The van der Waals surface area contributed by atoms with Gasteiger partial charge < -0.3 is 40.1 Å². The normalized spacial score (nSPS) is 23.4. The number of nitrogens with zero attached hydrogens (tertiary/aromatic N) is 3. The highest BCUT2D eigenvalue weighted by molar-refractivity contribution is 5.87. The fourth-order valence-corrected chi connectivity index (χ4v) is 8.54. The zero-order valence-electron chi connectivity index (χ0n) is 29.8. The number of amides is 3. The number of fused-ring (bicyclic) bond motifs is 2. The maximum absolute atomic E-state index is 13.6. The van der Waals surface area contributed by atoms with Crippen molar-refractivity contribution in [3.05, 3.63) is 72.6 Å². The molecule has 2 unspecified atom stereocenters. The first-order valence-corrected chi connectivity index (χ1v) is 18.2. The highest BCUT2D eigenvalue weighted by Crippen LogP contribution is 2.56. The second-order valence-electron chi connectivity index (χ2n) is 14.2. The van der Waals surface area contributed by atoms with Crippen molar-refractivity contribution in [3.8, 4) is 33.6 Å². The molecule has 13 heteroatoms. The van der Waals surface area contributed by atoms with Crippen molar-refractivity contribution in [1.29, 1.82) is 0 Å². The minimum Gasteiger partial charge on any atom is -0.453 e. The van der Waals surface area contributed by atoms with E-state index in [0.717, 1.165) is 71.6 Å². The quantitative estimate of drug-likeness (QED) is 0.140. The van der Waals surface area contributed by atoms with E-state index in [0.29, 0.717) is 24.2 Å². The van der Waals surface area contributed by atoms with E-state index in [1.165, 1.54) is 14.2 Å². The number of methoxy groups -OCH3 is 2. The van der Waals surface area contributed by atoms with E-state index in [1.54, 1.807) is 18.0 Å². The molecule has 13 nitrogen and oxygen atoms in total. The van der Waals surface area contributed by atoms with Crippen molar-refractivity contribution in [2.24, 2.45) is 17.8 Å². The summed E-state index contributed by atoms with van der Waals surface area (Å²) < 4.78 is 10.1. The summed E-state index contributed by atoms with van der Waals surface area (Å²) in [4.78, 5) is 56.7. The monoisotopic (exact) mass is 709 g/mol. The molecule has 3 fully saturated rings. The Morgan fingerprint density at radius 3 is 2.10 bits per heavy atom. The third-order valence-electron chi connectivity index (χ3n) is 11.3. The van der Waals surface area contributed by atoms with Crippen LogP contribution in [0.4, 0.5) is 4.79 Å². The number of benzene rings is 2. The van der Waals surface area contributed by atoms with Gasteiger partial charge in [0.15, 0.2) is 0 Å². The number of imidazole rings is 2. The van der Waals surface area contributed by atoms with Crippen LogP contribution in [0.1, 0.15) is 62.6 Å². The molecule has 3 heterocycles. The minimum atomic E-state index is -0.885. The molecule has 0 radical (unpaired) electrons. The van der Waals surface area contributed by atoms with Crippen LogP contribution in [0.3, 0.4) is 0 Å². The highest BCUT2D eigenvalue weighted by atomic mass is 16.5. The van der Waals surface area contributed by atoms with Gasteiger partial charge in [-0.15, -0.1) is 0 Å². The molecule has 7 atom stereocenters. The standard InChI is InChI=1S/C39H47N7O6/c1-22(51-2)34(45-39(50)52-3)38(49)46-17-4-5-31(46)35-41-20-29(43-35)25-10-6-23(7-11-25)24-8-12-26(13-9-24)30-21-42-36(44-30)32-27-14-15-28(19-27)33(32)37(48)40-16-18-47/h6-13,20-22,27-28,31-34,47H,4-5,14-19H2,1-3H3,(H,40,48)(H,41,43)(H,42,44)(H,45,50)/t22-,27?,28?,31+,32-,33-,34+/m1/s1. The zero-order valence-corrected chi connectivity index (χ0v) is 29.8. The number of aromatic amines is 2. The molecular formula is C39H47N7O6. The van der Waals surface area contributed by atoms with Crippen molar-refractivity contribution >= 4 is 17.9 Å². The Balaban J connectivity index is 1.01. The Morgan fingerprint density at radius 2 is 1.48 bits per heavy atom. The molecule has 3 amide bonds. The Labute approximate surface area is 302 Å². The predicted molar refractivity (Wildman–Crippen MR) is 194 cm³/mol. The van der Waals surface area contributed by atoms with Crippen molar-refractivity contribution in [3.63, 3.8) is 0 Å². The van der Waals surface area contributed by atoms with Crippen LogP contribution in [-0.2, 0) is 19.1 Å². The van der Waals surface area contributed by atoms with Gasteiger partial charge in [-0.2, -0.15) is 0 Å².